The van der Waals surface area contributed by atoms with Crippen LogP contribution in [0.25, 0.3) is 0 Å². The molecule has 1 nitrogen and oxygen atoms in total. The smallest absolute Gasteiger partial charge is 0.173 e. The van der Waals surface area contributed by atoms with E-state index in [0.29, 0.717) is 16.1 Å². The molecule has 0 radical (unpaired) electrons. The predicted octanol–water partition coefficient (Wildman–Crippen LogP) is 4.76. The second kappa shape index (κ2) is 6.16. The summed E-state index contributed by atoms with van der Waals surface area (Å²) >= 11 is 8.76. The highest BCUT2D eigenvalue weighted by Crippen LogP contribution is 2.29. The van der Waals surface area contributed by atoms with Gasteiger partial charge in [-0.25, -0.2) is 13.2 Å². The Bertz CT molecular complexity index is 649. The van der Waals surface area contributed by atoms with Gasteiger partial charge < -0.3 is 5.73 Å². The van der Waals surface area contributed by atoms with Gasteiger partial charge in [0.05, 0.1) is 4.47 Å². The number of rotatable bonds is 3. The maximum Gasteiger partial charge on any atom is 0.173 e. The van der Waals surface area contributed by atoms with Gasteiger partial charge in [-0.1, -0.05) is 17.7 Å². The highest BCUT2D eigenvalue weighted by molar-refractivity contribution is 9.10. The average molecular weight is 365 g/mol. The fraction of sp³-hybridized carbons (Fsp3) is 0.143. The van der Waals surface area contributed by atoms with Crippen LogP contribution >= 0.6 is 27.5 Å². The average Bonchev–Trinajstić information content (AvgIpc) is 2.40. The third-order valence-electron chi connectivity index (χ3n) is 2.91. The molecule has 0 aliphatic rings. The number of halogens is 5. The van der Waals surface area contributed by atoms with Crippen LogP contribution in [-0.4, -0.2) is 0 Å². The first-order valence-electron chi connectivity index (χ1n) is 5.73. The van der Waals surface area contributed by atoms with Crippen molar-refractivity contribution in [2.45, 2.75) is 12.5 Å². The van der Waals surface area contributed by atoms with E-state index in [9.17, 15) is 13.2 Å². The van der Waals surface area contributed by atoms with Crippen molar-refractivity contribution in [3.05, 3.63) is 68.4 Å². The second-order valence-corrected chi connectivity index (χ2v) is 5.54. The van der Waals surface area contributed by atoms with Crippen LogP contribution in [0.2, 0.25) is 5.02 Å². The molecule has 2 aromatic rings. The van der Waals surface area contributed by atoms with Crippen LogP contribution in [-0.2, 0) is 6.42 Å². The number of hydrogen-bond acceptors (Lipinski definition) is 1. The van der Waals surface area contributed by atoms with Gasteiger partial charge in [-0.3, -0.25) is 0 Å². The summed E-state index contributed by atoms with van der Waals surface area (Å²) in [5.74, 6) is -2.42. The molecule has 0 saturated heterocycles. The molecule has 0 aromatic heterocycles. The van der Waals surface area contributed by atoms with Gasteiger partial charge in [-0.2, -0.15) is 0 Å². The summed E-state index contributed by atoms with van der Waals surface area (Å²) < 4.78 is 40.1. The summed E-state index contributed by atoms with van der Waals surface area (Å²) in [6.45, 7) is 0. The molecule has 0 amide bonds. The first kappa shape index (κ1) is 15.4. The molecule has 6 heteroatoms. The van der Waals surface area contributed by atoms with Crippen LogP contribution in [0.1, 0.15) is 17.2 Å². The van der Waals surface area contributed by atoms with Crippen LogP contribution in [0.15, 0.2) is 34.8 Å². The zero-order valence-electron chi connectivity index (χ0n) is 10.1. The van der Waals surface area contributed by atoms with Crippen LogP contribution in [0, 0.1) is 17.5 Å². The van der Waals surface area contributed by atoms with Gasteiger partial charge in [0.25, 0.3) is 0 Å². The zero-order chi connectivity index (χ0) is 14.9. The lowest BCUT2D eigenvalue weighted by Crippen LogP contribution is -2.15. The molecule has 20 heavy (non-hydrogen) atoms. The van der Waals surface area contributed by atoms with Gasteiger partial charge >= 0.3 is 0 Å². The molecule has 0 bridgehead atoms. The van der Waals surface area contributed by atoms with Crippen molar-refractivity contribution in [1.29, 1.82) is 0 Å². The Kier molecular flexibility index (Phi) is 4.73. The van der Waals surface area contributed by atoms with E-state index in [1.807, 2.05) is 0 Å². The Morgan fingerprint density at radius 2 is 1.75 bits per heavy atom. The van der Waals surface area contributed by atoms with E-state index in [4.69, 9.17) is 17.3 Å². The topological polar surface area (TPSA) is 26.0 Å². The SMILES string of the molecule is NC(Cc1cc(Cl)ccc1F)c1ccc(F)c(F)c1Br. The first-order chi connectivity index (χ1) is 9.40. The zero-order valence-corrected chi connectivity index (χ0v) is 12.5. The number of nitrogens with two attached hydrogens (primary N) is 1. The van der Waals surface area contributed by atoms with Crippen LogP contribution < -0.4 is 5.73 Å². The summed E-state index contributed by atoms with van der Waals surface area (Å²) in [7, 11) is 0. The fourth-order valence-electron chi connectivity index (χ4n) is 1.87. The van der Waals surface area contributed by atoms with Gasteiger partial charge in [-0.15, -0.1) is 0 Å². The van der Waals surface area contributed by atoms with Crippen LogP contribution in [0.3, 0.4) is 0 Å². The van der Waals surface area contributed by atoms with Gasteiger partial charge in [-0.05, 0) is 57.7 Å². The lowest BCUT2D eigenvalue weighted by atomic mass is 9.99. The molecule has 0 fully saturated rings. The van der Waals surface area contributed by atoms with E-state index >= 15 is 0 Å². The molecule has 0 aliphatic carbocycles. The molecular weight excluding hydrogens is 355 g/mol. The third-order valence-corrected chi connectivity index (χ3v) is 3.95. The lowest BCUT2D eigenvalue weighted by molar-refractivity contribution is 0.499. The normalized spacial score (nSPS) is 12.5. The van der Waals surface area contributed by atoms with Crippen molar-refractivity contribution < 1.29 is 13.2 Å². The minimum absolute atomic E-state index is 0.0487. The summed E-state index contributed by atoms with van der Waals surface area (Å²) in [4.78, 5) is 0. The van der Waals surface area contributed by atoms with Crippen LogP contribution in [0.4, 0.5) is 13.2 Å². The van der Waals surface area contributed by atoms with Crippen molar-refractivity contribution in [2.75, 3.05) is 0 Å². The third kappa shape index (κ3) is 3.16. The van der Waals surface area contributed by atoms with Gasteiger partial charge in [0.2, 0.25) is 0 Å². The Balaban J connectivity index is 2.31. The van der Waals surface area contributed by atoms with Gasteiger partial charge in [0.15, 0.2) is 11.6 Å². The molecule has 2 rings (SSSR count). The first-order valence-corrected chi connectivity index (χ1v) is 6.90. The number of benzene rings is 2. The molecular formula is C14H10BrClF3N. The van der Waals surface area contributed by atoms with Crippen molar-refractivity contribution in [3.63, 3.8) is 0 Å². The van der Waals surface area contributed by atoms with E-state index in [-0.39, 0.29) is 10.9 Å². The largest absolute Gasteiger partial charge is 0.324 e. The maximum absolute atomic E-state index is 13.6. The minimum Gasteiger partial charge on any atom is -0.324 e. The van der Waals surface area contributed by atoms with Crippen molar-refractivity contribution in [2.24, 2.45) is 5.73 Å². The molecule has 0 heterocycles. The van der Waals surface area contributed by atoms with Crippen molar-refractivity contribution in [3.8, 4) is 0 Å². The summed E-state index contributed by atoms with van der Waals surface area (Å²) in [5.41, 5.74) is 6.62. The Labute approximate surface area is 127 Å². The van der Waals surface area contributed by atoms with Crippen molar-refractivity contribution in [1.82, 2.24) is 0 Å². The minimum atomic E-state index is -1.01. The molecule has 0 spiro atoms. The molecule has 1 unspecified atom stereocenters. The predicted molar refractivity (Wildman–Crippen MR) is 76.1 cm³/mol. The molecule has 2 aromatic carbocycles. The maximum atomic E-state index is 13.6. The van der Waals surface area contributed by atoms with Gasteiger partial charge in [0, 0.05) is 11.1 Å². The highest BCUT2D eigenvalue weighted by Gasteiger charge is 2.18. The van der Waals surface area contributed by atoms with E-state index in [1.165, 1.54) is 24.3 Å². The Morgan fingerprint density at radius 3 is 2.45 bits per heavy atom. The van der Waals surface area contributed by atoms with E-state index in [1.54, 1.807) is 0 Å². The van der Waals surface area contributed by atoms with E-state index in [0.717, 1.165) is 6.07 Å². The Morgan fingerprint density at radius 1 is 1.10 bits per heavy atom. The fourth-order valence-corrected chi connectivity index (χ4v) is 2.68. The van der Waals surface area contributed by atoms with E-state index < -0.39 is 23.5 Å². The lowest BCUT2D eigenvalue weighted by Gasteiger charge is -2.15. The second-order valence-electron chi connectivity index (χ2n) is 4.31. The Hall–Kier alpha value is -1.04. The standard InChI is InChI=1S/C14H10BrClF3N/c15-13-9(2-4-11(18)14(13)19)12(20)6-7-5-8(16)1-3-10(7)17/h1-5,12H,6,20H2. The monoisotopic (exact) mass is 363 g/mol. The molecule has 0 aliphatic heterocycles. The number of hydrogen-bond donors (Lipinski definition) is 1. The summed E-state index contributed by atoms with van der Waals surface area (Å²) in [6, 6.07) is 5.81. The quantitative estimate of drug-likeness (QED) is 0.781. The van der Waals surface area contributed by atoms with Crippen LogP contribution in [0.5, 0.6) is 0 Å². The highest BCUT2D eigenvalue weighted by atomic mass is 79.9. The molecule has 1 atom stereocenters. The summed E-state index contributed by atoms with van der Waals surface area (Å²) in [5, 5.41) is 0.387. The van der Waals surface area contributed by atoms with Gasteiger partial charge in [0.1, 0.15) is 5.82 Å². The molecule has 2 N–H and O–H groups in total. The van der Waals surface area contributed by atoms with E-state index in [2.05, 4.69) is 15.9 Å². The van der Waals surface area contributed by atoms with Crippen molar-refractivity contribution >= 4 is 27.5 Å². The summed E-state index contributed by atoms with van der Waals surface area (Å²) in [6.07, 6.45) is 0.121. The molecule has 0 saturated carbocycles. The molecule has 106 valence electrons.